The highest BCUT2D eigenvalue weighted by Gasteiger charge is 2.28. The van der Waals surface area contributed by atoms with E-state index in [1.165, 1.54) is 12.8 Å². The molecule has 1 saturated carbocycles. The number of anilines is 1. The molecule has 0 bridgehead atoms. The highest BCUT2D eigenvalue weighted by Crippen LogP contribution is 2.30. The molecule has 21 heavy (non-hydrogen) atoms. The molecule has 2 rings (SSSR count). The lowest BCUT2D eigenvalue weighted by molar-refractivity contribution is -0.384. The van der Waals surface area contributed by atoms with E-state index in [2.05, 4.69) is 10.2 Å². The molecule has 0 saturated heterocycles. The monoisotopic (exact) mass is 293 g/mol. The van der Waals surface area contributed by atoms with Crippen LogP contribution in [0.5, 0.6) is 0 Å². The molecule has 0 heterocycles. The number of nitrogens with zero attached hydrogens (tertiary/aromatic N) is 2. The van der Waals surface area contributed by atoms with Crippen LogP contribution < -0.4 is 5.32 Å². The number of nitro benzene ring substituents is 1. The Hall–Kier alpha value is -1.66. The fourth-order valence-corrected chi connectivity index (χ4v) is 2.44. The van der Waals surface area contributed by atoms with Crippen molar-refractivity contribution >= 4 is 11.4 Å². The van der Waals surface area contributed by atoms with Crippen molar-refractivity contribution in [3.05, 3.63) is 33.9 Å². The minimum Gasteiger partial charge on any atom is -0.395 e. The highest BCUT2D eigenvalue weighted by molar-refractivity contribution is 5.62. The van der Waals surface area contributed by atoms with E-state index in [0.717, 1.165) is 18.5 Å². The lowest BCUT2D eigenvalue weighted by Gasteiger charge is -2.21. The third kappa shape index (κ3) is 4.41. The molecule has 1 aromatic rings. The van der Waals surface area contributed by atoms with Gasteiger partial charge in [0, 0.05) is 31.7 Å². The first-order valence-electron chi connectivity index (χ1n) is 7.51. The van der Waals surface area contributed by atoms with Crippen LogP contribution in [0.3, 0.4) is 0 Å². The number of aliphatic hydroxyl groups is 1. The van der Waals surface area contributed by atoms with Gasteiger partial charge in [-0.25, -0.2) is 0 Å². The normalized spacial score (nSPS) is 14.4. The van der Waals surface area contributed by atoms with Gasteiger partial charge in [0.15, 0.2) is 0 Å². The molecule has 0 radical (unpaired) electrons. The molecule has 0 aromatic heterocycles. The molecule has 1 fully saturated rings. The first kappa shape index (κ1) is 15.7. The summed E-state index contributed by atoms with van der Waals surface area (Å²) >= 11 is 0. The van der Waals surface area contributed by atoms with Crippen LogP contribution in [0, 0.1) is 10.1 Å². The fraction of sp³-hybridized carbons (Fsp3) is 0.600. The molecule has 0 spiro atoms. The molecule has 0 amide bonds. The van der Waals surface area contributed by atoms with Crippen molar-refractivity contribution in [2.24, 2.45) is 0 Å². The average Bonchev–Trinajstić information content (AvgIpc) is 3.29. The predicted octanol–water partition coefficient (Wildman–Crippen LogP) is 2.37. The van der Waals surface area contributed by atoms with Gasteiger partial charge in [0.05, 0.1) is 11.5 Å². The molecule has 1 aliphatic rings. The van der Waals surface area contributed by atoms with Crippen LogP contribution in [-0.2, 0) is 6.54 Å². The SMILES string of the molecule is CCCNc1cc(CN(CCO)C2CC2)ccc1[N+](=O)[O-]. The Morgan fingerprint density at radius 3 is 2.81 bits per heavy atom. The van der Waals surface area contributed by atoms with E-state index in [0.29, 0.717) is 24.8 Å². The summed E-state index contributed by atoms with van der Waals surface area (Å²) in [5.74, 6) is 0. The first-order chi connectivity index (χ1) is 10.2. The summed E-state index contributed by atoms with van der Waals surface area (Å²) in [6.45, 7) is 4.26. The van der Waals surface area contributed by atoms with E-state index in [1.807, 2.05) is 19.1 Å². The van der Waals surface area contributed by atoms with Gasteiger partial charge in [-0.05, 0) is 30.9 Å². The number of aliphatic hydroxyl groups excluding tert-OH is 1. The van der Waals surface area contributed by atoms with Crippen molar-refractivity contribution < 1.29 is 10.0 Å². The second-order valence-corrected chi connectivity index (χ2v) is 5.46. The van der Waals surface area contributed by atoms with Crippen molar-refractivity contribution in [1.82, 2.24) is 4.90 Å². The minimum atomic E-state index is -0.353. The van der Waals surface area contributed by atoms with Gasteiger partial charge in [-0.3, -0.25) is 15.0 Å². The zero-order valence-corrected chi connectivity index (χ0v) is 12.4. The largest absolute Gasteiger partial charge is 0.395 e. The Morgan fingerprint density at radius 2 is 2.24 bits per heavy atom. The molecular formula is C15H23N3O3. The maximum absolute atomic E-state index is 11.1. The second kappa shape index (κ2) is 7.38. The third-order valence-electron chi connectivity index (χ3n) is 3.66. The average molecular weight is 293 g/mol. The van der Waals surface area contributed by atoms with Crippen LogP contribution in [0.1, 0.15) is 31.7 Å². The quantitative estimate of drug-likeness (QED) is 0.540. The van der Waals surface area contributed by atoms with Gasteiger partial charge in [-0.15, -0.1) is 0 Å². The van der Waals surface area contributed by atoms with Crippen molar-refractivity contribution in [2.75, 3.05) is 25.0 Å². The summed E-state index contributed by atoms with van der Waals surface area (Å²) in [7, 11) is 0. The summed E-state index contributed by atoms with van der Waals surface area (Å²) in [5, 5.41) is 23.3. The van der Waals surface area contributed by atoms with Crippen LogP contribution >= 0.6 is 0 Å². The summed E-state index contributed by atoms with van der Waals surface area (Å²) < 4.78 is 0. The Balaban J connectivity index is 2.13. The molecule has 0 atom stereocenters. The summed E-state index contributed by atoms with van der Waals surface area (Å²) in [5.41, 5.74) is 1.74. The van der Waals surface area contributed by atoms with Gasteiger partial charge in [0.1, 0.15) is 5.69 Å². The van der Waals surface area contributed by atoms with Gasteiger partial charge >= 0.3 is 0 Å². The van der Waals surface area contributed by atoms with Gasteiger partial charge < -0.3 is 10.4 Å². The van der Waals surface area contributed by atoms with Gasteiger partial charge in [0.2, 0.25) is 0 Å². The van der Waals surface area contributed by atoms with E-state index in [4.69, 9.17) is 5.11 Å². The van der Waals surface area contributed by atoms with Crippen molar-refractivity contribution in [3.63, 3.8) is 0 Å². The van der Waals surface area contributed by atoms with Crippen LogP contribution in [0.25, 0.3) is 0 Å². The molecule has 0 aliphatic heterocycles. The summed E-state index contributed by atoms with van der Waals surface area (Å²) in [6.07, 6.45) is 3.27. The number of hydrogen-bond donors (Lipinski definition) is 2. The van der Waals surface area contributed by atoms with Crippen LogP contribution in [0.2, 0.25) is 0 Å². The van der Waals surface area contributed by atoms with Crippen molar-refractivity contribution in [3.8, 4) is 0 Å². The Morgan fingerprint density at radius 1 is 1.48 bits per heavy atom. The Labute approximate surface area is 124 Å². The van der Waals surface area contributed by atoms with Crippen LogP contribution in [0.4, 0.5) is 11.4 Å². The summed E-state index contributed by atoms with van der Waals surface area (Å²) in [6, 6.07) is 5.79. The molecular weight excluding hydrogens is 270 g/mol. The number of nitrogens with one attached hydrogen (secondary N) is 1. The molecule has 1 aliphatic carbocycles. The van der Waals surface area contributed by atoms with E-state index in [-0.39, 0.29) is 17.2 Å². The zero-order valence-electron chi connectivity index (χ0n) is 12.4. The van der Waals surface area contributed by atoms with Crippen LogP contribution in [-0.4, -0.2) is 40.7 Å². The smallest absolute Gasteiger partial charge is 0.292 e. The maximum atomic E-state index is 11.1. The molecule has 1 aromatic carbocycles. The lowest BCUT2D eigenvalue weighted by Crippen LogP contribution is -2.28. The van der Waals surface area contributed by atoms with Crippen LogP contribution in [0.15, 0.2) is 18.2 Å². The van der Waals surface area contributed by atoms with Gasteiger partial charge in [0.25, 0.3) is 5.69 Å². The number of nitro groups is 1. The molecule has 0 unspecified atom stereocenters. The third-order valence-corrected chi connectivity index (χ3v) is 3.66. The lowest BCUT2D eigenvalue weighted by atomic mass is 10.1. The standard InChI is InChI=1S/C15H23N3O3/c1-2-7-16-14-10-12(3-6-15(14)18(20)21)11-17(8-9-19)13-4-5-13/h3,6,10,13,16,19H,2,4-5,7-9,11H2,1H3. The minimum absolute atomic E-state index is 0.118. The molecule has 2 N–H and O–H groups in total. The predicted molar refractivity (Wildman–Crippen MR) is 82.4 cm³/mol. The fourth-order valence-electron chi connectivity index (χ4n) is 2.44. The van der Waals surface area contributed by atoms with Crippen molar-refractivity contribution in [2.45, 2.75) is 38.8 Å². The number of rotatable bonds is 9. The summed E-state index contributed by atoms with van der Waals surface area (Å²) in [4.78, 5) is 12.9. The van der Waals surface area contributed by atoms with E-state index in [1.54, 1.807) is 6.07 Å². The van der Waals surface area contributed by atoms with Gasteiger partial charge in [-0.1, -0.05) is 13.0 Å². The maximum Gasteiger partial charge on any atom is 0.292 e. The molecule has 6 nitrogen and oxygen atoms in total. The Bertz CT molecular complexity index is 489. The van der Waals surface area contributed by atoms with Crippen molar-refractivity contribution in [1.29, 1.82) is 0 Å². The molecule has 116 valence electrons. The Kier molecular flexibility index (Phi) is 5.52. The number of benzene rings is 1. The first-order valence-corrected chi connectivity index (χ1v) is 7.51. The number of hydrogen-bond acceptors (Lipinski definition) is 5. The zero-order chi connectivity index (χ0) is 15.2. The van der Waals surface area contributed by atoms with E-state index < -0.39 is 0 Å². The van der Waals surface area contributed by atoms with E-state index in [9.17, 15) is 10.1 Å². The molecule has 6 heteroatoms. The topological polar surface area (TPSA) is 78.6 Å². The highest BCUT2D eigenvalue weighted by atomic mass is 16.6. The second-order valence-electron chi connectivity index (χ2n) is 5.46. The van der Waals surface area contributed by atoms with E-state index >= 15 is 0 Å². The van der Waals surface area contributed by atoms with Gasteiger partial charge in [-0.2, -0.15) is 0 Å².